The molecule has 5 rings (SSSR count). The topological polar surface area (TPSA) is 71.6 Å². The van der Waals surface area contributed by atoms with Crippen molar-refractivity contribution in [2.45, 2.75) is 12.8 Å². The Bertz CT molecular complexity index is 1020. The van der Waals surface area contributed by atoms with Gasteiger partial charge >= 0.3 is 0 Å². The summed E-state index contributed by atoms with van der Waals surface area (Å²) >= 11 is 0. The van der Waals surface area contributed by atoms with E-state index in [2.05, 4.69) is 17.0 Å². The van der Waals surface area contributed by atoms with Gasteiger partial charge in [-0.15, -0.1) is 0 Å². The largest absolute Gasteiger partial charge is 0.497 e. The van der Waals surface area contributed by atoms with E-state index in [9.17, 15) is 9.59 Å². The molecule has 2 aromatic rings. The first-order chi connectivity index (χ1) is 16.1. The molecule has 3 heterocycles. The van der Waals surface area contributed by atoms with Crippen molar-refractivity contribution in [2.24, 2.45) is 5.92 Å². The highest BCUT2D eigenvalue weighted by Crippen LogP contribution is 2.37. The predicted molar refractivity (Wildman–Crippen MR) is 123 cm³/mol. The maximum atomic E-state index is 13.1. The van der Waals surface area contributed by atoms with Crippen molar-refractivity contribution >= 4 is 17.5 Å². The van der Waals surface area contributed by atoms with Crippen molar-refractivity contribution < 1.29 is 23.8 Å². The van der Waals surface area contributed by atoms with Gasteiger partial charge < -0.3 is 24.0 Å². The molecule has 0 N–H and O–H groups in total. The van der Waals surface area contributed by atoms with Gasteiger partial charge in [-0.25, -0.2) is 0 Å². The monoisotopic (exact) mass is 451 g/mol. The summed E-state index contributed by atoms with van der Waals surface area (Å²) in [7, 11) is 1.67. The Hall–Kier alpha value is -3.26. The van der Waals surface area contributed by atoms with Gasteiger partial charge in [0, 0.05) is 57.4 Å². The number of anilines is 1. The van der Waals surface area contributed by atoms with Crippen LogP contribution < -0.4 is 19.1 Å². The maximum Gasteiger partial charge on any atom is 0.231 e. The summed E-state index contributed by atoms with van der Waals surface area (Å²) in [5.74, 6) is 1.96. The number of hydrogen-bond donors (Lipinski definition) is 0. The van der Waals surface area contributed by atoms with Crippen LogP contribution in [0.2, 0.25) is 0 Å². The molecule has 2 amide bonds. The molecule has 3 aliphatic rings. The van der Waals surface area contributed by atoms with Crippen molar-refractivity contribution in [3.63, 3.8) is 0 Å². The molecule has 0 spiro atoms. The van der Waals surface area contributed by atoms with E-state index in [1.54, 1.807) is 12.0 Å². The second-order valence-corrected chi connectivity index (χ2v) is 8.71. The second kappa shape index (κ2) is 9.31. The Morgan fingerprint density at radius 3 is 2.55 bits per heavy atom. The van der Waals surface area contributed by atoms with Gasteiger partial charge in [0.2, 0.25) is 18.6 Å². The summed E-state index contributed by atoms with van der Waals surface area (Å²) in [4.78, 5) is 31.8. The number of benzene rings is 2. The number of ether oxygens (including phenoxy) is 3. The van der Waals surface area contributed by atoms with Gasteiger partial charge in [-0.3, -0.25) is 14.5 Å². The number of nitrogens with zero attached hydrogens (tertiary/aromatic N) is 3. The minimum Gasteiger partial charge on any atom is -0.497 e. The van der Waals surface area contributed by atoms with Gasteiger partial charge in [0.25, 0.3) is 0 Å². The summed E-state index contributed by atoms with van der Waals surface area (Å²) in [6.07, 6.45) is 1.23. The Labute approximate surface area is 193 Å². The summed E-state index contributed by atoms with van der Waals surface area (Å²) < 4.78 is 16.0. The van der Waals surface area contributed by atoms with Crippen LogP contribution in [0.1, 0.15) is 12.0 Å². The van der Waals surface area contributed by atoms with Crippen molar-refractivity contribution in [2.75, 3.05) is 58.1 Å². The summed E-state index contributed by atoms with van der Waals surface area (Å²) in [6.45, 7) is 4.69. The molecule has 0 bridgehead atoms. The molecule has 1 unspecified atom stereocenters. The number of amides is 2. The molecule has 8 heteroatoms. The third-order valence-corrected chi connectivity index (χ3v) is 6.70. The van der Waals surface area contributed by atoms with E-state index in [0.29, 0.717) is 31.1 Å². The van der Waals surface area contributed by atoms with Crippen LogP contribution in [0, 0.1) is 5.92 Å². The molecule has 2 saturated heterocycles. The van der Waals surface area contributed by atoms with Gasteiger partial charge in [0.15, 0.2) is 11.5 Å². The normalized spacial score (nSPS) is 20.4. The molecular weight excluding hydrogens is 422 g/mol. The lowest BCUT2D eigenvalue weighted by atomic mass is 10.1. The van der Waals surface area contributed by atoms with Crippen molar-refractivity contribution in [3.05, 3.63) is 48.0 Å². The van der Waals surface area contributed by atoms with Gasteiger partial charge in [-0.2, -0.15) is 0 Å². The van der Waals surface area contributed by atoms with Gasteiger partial charge in [-0.05, 0) is 36.2 Å². The molecule has 2 aromatic carbocycles. The Balaban J connectivity index is 1.11. The quantitative estimate of drug-likeness (QED) is 0.671. The fraction of sp³-hybridized carbons (Fsp3) is 0.440. The van der Waals surface area contributed by atoms with Crippen LogP contribution in [0.25, 0.3) is 0 Å². The van der Waals surface area contributed by atoms with Crippen LogP contribution in [-0.2, 0) is 16.0 Å². The van der Waals surface area contributed by atoms with E-state index in [1.165, 1.54) is 5.56 Å². The van der Waals surface area contributed by atoms with Gasteiger partial charge in [0.1, 0.15) is 5.75 Å². The third-order valence-electron chi connectivity index (χ3n) is 6.70. The van der Waals surface area contributed by atoms with E-state index in [4.69, 9.17) is 14.2 Å². The lowest BCUT2D eigenvalue weighted by molar-refractivity contribution is -0.137. The van der Waals surface area contributed by atoms with Gasteiger partial charge in [0.05, 0.1) is 13.0 Å². The van der Waals surface area contributed by atoms with Gasteiger partial charge in [-0.1, -0.05) is 12.1 Å². The minimum atomic E-state index is -0.297. The fourth-order valence-electron chi connectivity index (χ4n) is 4.71. The van der Waals surface area contributed by atoms with E-state index >= 15 is 0 Å². The Morgan fingerprint density at radius 2 is 1.79 bits per heavy atom. The van der Waals surface area contributed by atoms with E-state index in [1.807, 2.05) is 35.2 Å². The zero-order chi connectivity index (χ0) is 22.8. The average Bonchev–Trinajstić information content (AvgIpc) is 3.49. The molecule has 0 aromatic heterocycles. The summed E-state index contributed by atoms with van der Waals surface area (Å²) in [5, 5.41) is 0. The molecule has 0 aliphatic carbocycles. The zero-order valence-electron chi connectivity index (χ0n) is 18.9. The van der Waals surface area contributed by atoms with Crippen LogP contribution >= 0.6 is 0 Å². The minimum absolute atomic E-state index is 0.0228. The smallest absolute Gasteiger partial charge is 0.231 e. The van der Waals surface area contributed by atoms with Crippen LogP contribution in [0.5, 0.6) is 17.2 Å². The number of hydrogen-bond acceptors (Lipinski definition) is 6. The highest BCUT2D eigenvalue weighted by Gasteiger charge is 2.38. The summed E-state index contributed by atoms with van der Waals surface area (Å²) in [5.41, 5.74) is 2.03. The number of carbonyl (C=O) groups excluding carboxylic acids is 2. The first kappa shape index (κ1) is 21.6. The third kappa shape index (κ3) is 4.61. The number of carbonyl (C=O) groups is 2. The first-order valence-corrected chi connectivity index (χ1v) is 11.4. The fourth-order valence-corrected chi connectivity index (χ4v) is 4.71. The molecular formula is C25H29N3O5. The number of piperazine rings is 1. The zero-order valence-corrected chi connectivity index (χ0v) is 18.9. The molecule has 0 radical (unpaired) electrons. The Morgan fingerprint density at radius 1 is 1.03 bits per heavy atom. The highest BCUT2D eigenvalue weighted by molar-refractivity contribution is 6.00. The Kier molecular flexibility index (Phi) is 6.09. The second-order valence-electron chi connectivity index (χ2n) is 8.71. The molecule has 174 valence electrons. The number of fused-ring (bicyclic) bond motifs is 1. The highest BCUT2D eigenvalue weighted by atomic mass is 16.7. The first-order valence-electron chi connectivity index (χ1n) is 11.4. The summed E-state index contributed by atoms with van der Waals surface area (Å²) in [6, 6.07) is 13.6. The van der Waals surface area contributed by atoms with E-state index in [-0.39, 0.29) is 30.9 Å². The van der Waals surface area contributed by atoms with Crippen LogP contribution in [0.3, 0.4) is 0 Å². The number of rotatable bonds is 6. The van der Waals surface area contributed by atoms with E-state index in [0.717, 1.165) is 37.5 Å². The van der Waals surface area contributed by atoms with E-state index < -0.39 is 0 Å². The molecule has 2 fully saturated rings. The molecule has 1 atom stereocenters. The predicted octanol–water partition coefficient (Wildman–Crippen LogP) is 2.16. The SMILES string of the molecule is COc1ccc(CCN2CCN(C(=O)C3CC(=O)N(c4ccc5c(c4)OCO5)C3)CC2)cc1. The van der Waals surface area contributed by atoms with Crippen molar-refractivity contribution in [3.8, 4) is 17.2 Å². The lowest BCUT2D eigenvalue weighted by Crippen LogP contribution is -2.51. The van der Waals surface area contributed by atoms with Crippen molar-refractivity contribution in [1.29, 1.82) is 0 Å². The number of methoxy groups -OCH3 is 1. The van der Waals surface area contributed by atoms with Crippen LogP contribution in [-0.4, -0.2) is 74.8 Å². The van der Waals surface area contributed by atoms with Crippen LogP contribution in [0.4, 0.5) is 5.69 Å². The van der Waals surface area contributed by atoms with Crippen molar-refractivity contribution in [1.82, 2.24) is 9.80 Å². The van der Waals surface area contributed by atoms with Crippen LogP contribution in [0.15, 0.2) is 42.5 Å². The molecule has 3 aliphatic heterocycles. The molecule has 0 saturated carbocycles. The lowest BCUT2D eigenvalue weighted by Gasteiger charge is -2.36. The average molecular weight is 452 g/mol. The standard InChI is InChI=1S/C25H29N3O5/c1-31-21-5-2-18(3-6-21)8-9-26-10-12-27(13-11-26)25(30)19-14-24(29)28(16-19)20-4-7-22-23(15-20)33-17-32-22/h2-7,15,19H,8-14,16-17H2,1H3. The molecule has 33 heavy (non-hydrogen) atoms. The maximum absolute atomic E-state index is 13.1. The molecule has 8 nitrogen and oxygen atoms in total.